The molecule has 0 unspecified atom stereocenters. The van der Waals surface area contributed by atoms with E-state index in [0.717, 1.165) is 41.0 Å². The minimum absolute atomic E-state index is 0.0245. The first-order chi connectivity index (χ1) is 26.7. The third kappa shape index (κ3) is 13.9. The highest BCUT2D eigenvalue weighted by atomic mass is 19.1. The molecule has 288 valence electrons. The predicted octanol–water partition coefficient (Wildman–Crippen LogP) is 8.13. The average Bonchev–Trinajstić information content (AvgIpc) is 3.18. The van der Waals surface area contributed by atoms with E-state index in [1.165, 1.54) is 25.3 Å². The topological polar surface area (TPSA) is 141 Å². The Labute approximate surface area is 323 Å². The molecule has 0 aliphatic heterocycles. The Balaban J connectivity index is 0.000000303. The Morgan fingerprint density at radius 2 is 1.18 bits per heavy atom. The molecule has 4 aromatic carbocycles. The van der Waals surface area contributed by atoms with Gasteiger partial charge in [-0.25, -0.2) is 28.4 Å². The van der Waals surface area contributed by atoms with Crippen molar-refractivity contribution in [2.45, 2.75) is 20.3 Å². The van der Waals surface area contributed by atoms with Crippen LogP contribution in [0.2, 0.25) is 0 Å². The van der Waals surface area contributed by atoms with Gasteiger partial charge in [0.25, 0.3) is 0 Å². The summed E-state index contributed by atoms with van der Waals surface area (Å²) < 4.78 is 44.6. The van der Waals surface area contributed by atoms with Gasteiger partial charge in [0.15, 0.2) is 11.5 Å². The van der Waals surface area contributed by atoms with Crippen molar-refractivity contribution >= 4 is 35.9 Å². The summed E-state index contributed by atoms with van der Waals surface area (Å²) in [6.07, 6.45) is 4.89. The quantitative estimate of drug-likeness (QED) is 0.0659. The Bertz CT molecular complexity index is 2150. The van der Waals surface area contributed by atoms with Crippen molar-refractivity contribution in [2.24, 2.45) is 0 Å². The number of hydrogen-bond acceptors (Lipinski definition) is 11. The molecule has 11 nitrogen and oxygen atoms in total. The van der Waals surface area contributed by atoms with Crippen LogP contribution in [-0.2, 0) is 35.1 Å². The minimum atomic E-state index is -0.704. The van der Waals surface area contributed by atoms with Crippen LogP contribution in [0.4, 0.5) is 4.39 Å². The smallest absolute Gasteiger partial charge is 0.338 e. The fourth-order valence-electron chi connectivity index (χ4n) is 4.25. The van der Waals surface area contributed by atoms with Crippen molar-refractivity contribution in [3.8, 4) is 39.9 Å². The zero-order valence-corrected chi connectivity index (χ0v) is 31.0. The fourth-order valence-corrected chi connectivity index (χ4v) is 4.25. The van der Waals surface area contributed by atoms with Gasteiger partial charge in [-0.05, 0) is 85.1 Å². The number of carbonyl (C=O) groups is 5. The summed E-state index contributed by atoms with van der Waals surface area (Å²) in [6, 6.07) is 22.7. The molecule has 0 amide bonds. The highest BCUT2D eigenvalue weighted by Crippen LogP contribution is 2.33. The molecular weight excluding hydrogens is 723 g/mol. The second-order valence-electron chi connectivity index (χ2n) is 11.6. The third-order valence-corrected chi connectivity index (χ3v) is 7.16. The van der Waals surface area contributed by atoms with Gasteiger partial charge < -0.3 is 28.4 Å². The van der Waals surface area contributed by atoms with Gasteiger partial charge in [0.1, 0.15) is 23.1 Å². The SMILES string of the molecule is C=C(C)C(=O)Oc1ccc(-c2ccc(OC(=O)C(=C)C)c(OC)c2)cc1.C=CC(=O)OCCc1ccc(OC(=O)/C=C/c2ccc(OC(=O)C=C)cc2F)cc1. The summed E-state index contributed by atoms with van der Waals surface area (Å²) in [5.41, 5.74) is 3.39. The first kappa shape index (κ1) is 43.1. The van der Waals surface area contributed by atoms with Crippen molar-refractivity contribution in [3.05, 3.63) is 158 Å². The molecule has 0 heterocycles. The maximum absolute atomic E-state index is 14.0. The number of ether oxygens (including phenoxy) is 6. The van der Waals surface area contributed by atoms with Crippen molar-refractivity contribution in [2.75, 3.05) is 13.7 Å². The van der Waals surface area contributed by atoms with Crippen molar-refractivity contribution in [1.82, 2.24) is 0 Å². The molecule has 0 radical (unpaired) electrons. The Hall–Kier alpha value is -7.34. The van der Waals surface area contributed by atoms with E-state index in [2.05, 4.69) is 26.3 Å². The number of benzene rings is 4. The minimum Gasteiger partial charge on any atom is -0.493 e. The van der Waals surface area contributed by atoms with Gasteiger partial charge in [-0.15, -0.1) is 0 Å². The van der Waals surface area contributed by atoms with Crippen molar-refractivity contribution < 1.29 is 56.8 Å². The molecule has 0 atom stereocenters. The lowest BCUT2D eigenvalue weighted by Gasteiger charge is -2.11. The van der Waals surface area contributed by atoms with Crippen LogP contribution >= 0.6 is 0 Å². The molecule has 56 heavy (non-hydrogen) atoms. The lowest BCUT2D eigenvalue weighted by Crippen LogP contribution is -2.09. The average molecular weight is 763 g/mol. The van der Waals surface area contributed by atoms with Crippen LogP contribution in [0.5, 0.6) is 28.7 Å². The summed E-state index contributed by atoms with van der Waals surface area (Å²) in [4.78, 5) is 57.3. The van der Waals surface area contributed by atoms with E-state index in [4.69, 9.17) is 28.4 Å². The van der Waals surface area contributed by atoms with Gasteiger partial charge in [-0.2, -0.15) is 0 Å². The first-order valence-corrected chi connectivity index (χ1v) is 16.7. The summed E-state index contributed by atoms with van der Waals surface area (Å²) >= 11 is 0. The molecule has 4 aromatic rings. The maximum Gasteiger partial charge on any atom is 0.338 e. The Morgan fingerprint density at radius 1 is 0.625 bits per heavy atom. The highest BCUT2D eigenvalue weighted by molar-refractivity contribution is 5.90. The van der Waals surface area contributed by atoms with Crippen LogP contribution in [0.15, 0.2) is 141 Å². The number of hydrogen-bond donors (Lipinski definition) is 0. The van der Waals surface area contributed by atoms with Gasteiger partial charge in [0.2, 0.25) is 0 Å². The summed E-state index contributed by atoms with van der Waals surface area (Å²) in [7, 11) is 1.50. The van der Waals surface area contributed by atoms with Gasteiger partial charge in [0, 0.05) is 47.4 Å². The zero-order chi connectivity index (χ0) is 41.2. The number of halogens is 1. The highest BCUT2D eigenvalue weighted by Gasteiger charge is 2.13. The van der Waals surface area contributed by atoms with E-state index in [1.807, 2.05) is 12.1 Å². The summed E-state index contributed by atoms with van der Waals surface area (Å²) in [6.45, 7) is 17.0. The van der Waals surface area contributed by atoms with E-state index in [0.29, 0.717) is 40.6 Å². The molecule has 0 aliphatic rings. The molecule has 0 saturated carbocycles. The molecule has 0 spiro atoms. The molecule has 0 aliphatic carbocycles. The lowest BCUT2D eigenvalue weighted by molar-refractivity contribution is -0.137. The molecule has 0 bridgehead atoms. The van der Waals surface area contributed by atoms with Crippen LogP contribution < -0.4 is 23.7 Å². The van der Waals surface area contributed by atoms with Gasteiger partial charge in [0.05, 0.1) is 13.7 Å². The van der Waals surface area contributed by atoms with Gasteiger partial charge >= 0.3 is 29.8 Å². The van der Waals surface area contributed by atoms with Crippen molar-refractivity contribution in [3.63, 3.8) is 0 Å². The van der Waals surface area contributed by atoms with Crippen LogP contribution in [0.3, 0.4) is 0 Å². The Morgan fingerprint density at radius 3 is 1.77 bits per heavy atom. The molecule has 0 fully saturated rings. The molecule has 0 saturated heterocycles. The van der Waals surface area contributed by atoms with E-state index < -0.39 is 35.7 Å². The van der Waals surface area contributed by atoms with E-state index in [1.54, 1.807) is 68.4 Å². The van der Waals surface area contributed by atoms with E-state index in [9.17, 15) is 28.4 Å². The van der Waals surface area contributed by atoms with Crippen LogP contribution in [0, 0.1) is 5.82 Å². The van der Waals surface area contributed by atoms with Crippen molar-refractivity contribution in [1.29, 1.82) is 0 Å². The Kier molecular flexibility index (Phi) is 16.4. The van der Waals surface area contributed by atoms with Crippen LogP contribution in [-0.4, -0.2) is 43.6 Å². The third-order valence-electron chi connectivity index (χ3n) is 7.16. The molecular formula is C44H39FO11. The number of esters is 5. The second kappa shape index (κ2) is 21.4. The molecule has 0 N–H and O–H groups in total. The van der Waals surface area contributed by atoms with E-state index in [-0.39, 0.29) is 17.9 Å². The molecule has 12 heteroatoms. The van der Waals surface area contributed by atoms with E-state index >= 15 is 0 Å². The van der Waals surface area contributed by atoms with Crippen LogP contribution in [0.1, 0.15) is 25.0 Å². The fraction of sp³-hybridized carbons (Fsp3) is 0.114. The monoisotopic (exact) mass is 762 g/mol. The lowest BCUT2D eigenvalue weighted by atomic mass is 10.0. The maximum atomic E-state index is 14.0. The number of rotatable bonds is 15. The predicted molar refractivity (Wildman–Crippen MR) is 208 cm³/mol. The second-order valence-corrected chi connectivity index (χ2v) is 11.6. The number of methoxy groups -OCH3 is 1. The van der Waals surface area contributed by atoms with Gasteiger partial charge in [-0.3, -0.25) is 0 Å². The zero-order valence-electron chi connectivity index (χ0n) is 31.0. The largest absolute Gasteiger partial charge is 0.493 e. The van der Waals surface area contributed by atoms with Gasteiger partial charge in [-0.1, -0.05) is 56.6 Å². The van der Waals surface area contributed by atoms with Crippen LogP contribution in [0.25, 0.3) is 17.2 Å². The first-order valence-electron chi connectivity index (χ1n) is 16.7. The number of carbonyl (C=O) groups excluding carboxylic acids is 5. The molecule has 4 rings (SSSR count). The summed E-state index contributed by atoms with van der Waals surface area (Å²) in [5, 5.41) is 0. The molecule has 0 aromatic heterocycles. The standard InChI is InChI=1S/C23H19FO6.C21H20O5/c1-3-21(25)28-14-13-16-5-9-18(10-6-16)29-23(27)12-8-17-7-11-19(15-20(17)24)30-22(26)4-2;1-13(2)20(22)25-17-9-6-15(7-10-17)16-8-11-18(19(12-16)24-5)26-21(23)14(3)4/h3-12,15H,1-2,13-14H2;6-12H,1,3H2,2,4-5H3/b12-8+;. The summed E-state index contributed by atoms with van der Waals surface area (Å²) in [5.74, 6) is -2.03. The normalized spacial score (nSPS) is 10.1.